The van der Waals surface area contributed by atoms with Gasteiger partial charge in [-0.3, -0.25) is 4.79 Å². The van der Waals surface area contributed by atoms with Crippen molar-refractivity contribution in [1.29, 1.82) is 5.26 Å². The molecule has 0 aliphatic carbocycles. The van der Waals surface area contributed by atoms with Crippen LogP contribution in [0, 0.1) is 17.2 Å². The van der Waals surface area contributed by atoms with Gasteiger partial charge in [-0.1, -0.05) is 37.6 Å². The van der Waals surface area contributed by atoms with E-state index in [9.17, 15) is 14.9 Å². The molecule has 0 aliphatic heterocycles. The number of thiophene rings is 1. The van der Waals surface area contributed by atoms with Gasteiger partial charge in [-0.05, 0) is 42.7 Å². The summed E-state index contributed by atoms with van der Waals surface area (Å²) in [5.74, 6) is -1.16. The molecular weight excluding hydrogens is 372 g/mol. The number of nitriles is 1. The topological polar surface area (TPSA) is 79.2 Å². The Balaban J connectivity index is 1.95. The van der Waals surface area contributed by atoms with Gasteiger partial charge in [0.05, 0.1) is 6.07 Å². The molecule has 0 saturated heterocycles. The van der Waals surface area contributed by atoms with Crippen molar-refractivity contribution in [2.24, 2.45) is 5.92 Å². The predicted molar refractivity (Wildman–Crippen MR) is 102 cm³/mol. The zero-order valence-corrected chi connectivity index (χ0v) is 16.3. The first-order chi connectivity index (χ1) is 12.2. The van der Waals surface area contributed by atoms with Crippen LogP contribution in [0.15, 0.2) is 36.4 Å². The van der Waals surface area contributed by atoms with E-state index in [4.69, 9.17) is 16.3 Å². The fourth-order valence-corrected chi connectivity index (χ4v) is 3.08. The Kier molecular flexibility index (Phi) is 6.41. The molecule has 0 aliphatic rings. The third-order valence-electron chi connectivity index (χ3n) is 4.06. The Morgan fingerprint density at radius 3 is 2.50 bits per heavy atom. The Hall–Kier alpha value is -2.36. The standard InChI is InChI=1S/C19H19ClN2O3S/c1-12(2)19(3,11-21)22-17(23)10-25-18(24)16-9-8-15(26-16)13-4-6-14(20)7-5-13/h4-9,12H,10H2,1-3H3,(H,22,23)/t19-/m1/s1. The number of rotatable bonds is 6. The maximum absolute atomic E-state index is 12.1. The van der Waals surface area contributed by atoms with Crippen LogP contribution in [0.1, 0.15) is 30.4 Å². The predicted octanol–water partition coefficient (Wildman–Crippen LogP) is 4.28. The number of esters is 1. The highest BCUT2D eigenvalue weighted by Gasteiger charge is 2.30. The highest BCUT2D eigenvalue weighted by molar-refractivity contribution is 7.17. The molecule has 7 heteroatoms. The van der Waals surface area contributed by atoms with Gasteiger partial charge in [0.15, 0.2) is 6.61 Å². The zero-order valence-electron chi connectivity index (χ0n) is 14.7. The van der Waals surface area contributed by atoms with Crippen LogP contribution in [0.4, 0.5) is 0 Å². The van der Waals surface area contributed by atoms with Crippen LogP contribution in [0.25, 0.3) is 10.4 Å². The van der Waals surface area contributed by atoms with Gasteiger partial charge < -0.3 is 10.1 Å². The van der Waals surface area contributed by atoms with Crippen molar-refractivity contribution >= 4 is 34.8 Å². The third-order valence-corrected chi connectivity index (χ3v) is 5.42. The van der Waals surface area contributed by atoms with Gasteiger partial charge in [0.25, 0.3) is 5.91 Å². The monoisotopic (exact) mass is 390 g/mol. The van der Waals surface area contributed by atoms with E-state index in [0.29, 0.717) is 9.90 Å². The lowest BCUT2D eigenvalue weighted by molar-refractivity contribution is -0.125. The lowest BCUT2D eigenvalue weighted by Crippen LogP contribution is -2.50. The summed E-state index contributed by atoms with van der Waals surface area (Å²) in [6.45, 7) is 4.87. The number of hydrogen-bond acceptors (Lipinski definition) is 5. The van der Waals surface area contributed by atoms with E-state index in [1.165, 1.54) is 11.3 Å². The molecule has 26 heavy (non-hydrogen) atoms. The normalized spacial score (nSPS) is 12.9. The van der Waals surface area contributed by atoms with E-state index in [2.05, 4.69) is 11.4 Å². The van der Waals surface area contributed by atoms with Gasteiger partial charge in [-0.15, -0.1) is 11.3 Å². The highest BCUT2D eigenvalue weighted by Crippen LogP contribution is 2.29. The summed E-state index contributed by atoms with van der Waals surface area (Å²) in [7, 11) is 0. The lowest BCUT2D eigenvalue weighted by Gasteiger charge is -2.27. The first kappa shape index (κ1) is 20.0. The summed E-state index contributed by atoms with van der Waals surface area (Å²) in [5, 5.41) is 12.4. The summed E-state index contributed by atoms with van der Waals surface area (Å²) in [4.78, 5) is 25.4. The van der Waals surface area contributed by atoms with E-state index in [1.807, 2.05) is 32.0 Å². The molecule has 136 valence electrons. The molecule has 0 spiro atoms. The van der Waals surface area contributed by atoms with E-state index in [-0.39, 0.29) is 5.92 Å². The molecule has 0 saturated carbocycles. The Morgan fingerprint density at radius 1 is 1.27 bits per heavy atom. The second-order valence-corrected chi connectivity index (χ2v) is 7.78. The molecule has 2 aromatic rings. The first-order valence-electron chi connectivity index (χ1n) is 8.00. The van der Waals surface area contributed by atoms with E-state index >= 15 is 0 Å². The Labute approximate surface area is 161 Å². The quantitative estimate of drug-likeness (QED) is 0.746. The molecule has 1 aromatic heterocycles. The van der Waals surface area contributed by atoms with Crippen molar-refractivity contribution in [2.75, 3.05) is 6.61 Å². The zero-order chi connectivity index (χ0) is 19.3. The average Bonchev–Trinajstić information content (AvgIpc) is 3.10. The molecule has 1 N–H and O–H groups in total. The molecule has 1 atom stereocenters. The summed E-state index contributed by atoms with van der Waals surface area (Å²) in [6, 6.07) is 12.8. The molecule has 1 amide bonds. The van der Waals surface area contributed by atoms with Gasteiger partial charge in [-0.2, -0.15) is 5.26 Å². The number of nitrogens with zero attached hydrogens (tertiary/aromatic N) is 1. The van der Waals surface area contributed by atoms with Crippen molar-refractivity contribution in [1.82, 2.24) is 5.32 Å². The van der Waals surface area contributed by atoms with Gasteiger partial charge in [0, 0.05) is 9.90 Å². The van der Waals surface area contributed by atoms with Crippen LogP contribution in [-0.4, -0.2) is 24.0 Å². The fourth-order valence-electron chi connectivity index (χ4n) is 2.05. The van der Waals surface area contributed by atoms with E-state index in [1.54, 1.807) is 25.1 Å². The Morgan fingerprint density at radius 2 is 1.92 bits per heavy atom. The summed E-state index contributed by atoms with van der Waals surface area (Å²) >= 11 is 7.15. The summed E-state index contributed by atoms with van der Waals surface area (Å²) < 4.78 is 5.06. The second-order valence-electron chi connectivity index (χ2n) is 6.26. The molecule has 0 unspecified atom stereocenters. The van der Waals surface area contributed by atoms with Crippen molar-refractivity contribution in [3.63, 3.8) is 0 Å². The minimum absolute atomic E-state index is 0.0774. The lowest BCUT2D eigenvalue weighted by atomic mass is 9.90. The second kappa shape index (κ2) is 8.35. The molecular formula is C19H19ClN2O3S. The molecule has 0 fully saturated rings. The van der Waals surface area contributed by atoms with Crippen LogP contribution in [0.2, 0.25) is 5.02 Å². The Bertz CT molecular complexity index is 839. The number of hydrogen-bond donors (Lipinski definition) is 1. The van der Waals surface area contributed by atoms with E-state index < -0.39 is 24.0 Å². The van der Waals surface area contributed by atoms with Crippen LogP contribution >= 0.6 is 22.9 Å². The number of carbonyl (C=O) groups is 2. The van der Waals surface area contributed by atoms with Crippen LogP contribution in [0.3, 0.4) is 0 Å². The number of amides is 1. The SMILES string of the molecule is CC(C)[C@@](C)(C#N)NC(=O)COC(=O)c1ccc(-c2ccc(Cl)cc2)s1. The minimum Gasteiger partial charge on any atom is -0.451 e. The largest absolute Gasteiger partial charge is 0.451 e. The highest BCUT2D eigenvalue weighted by atomic mass is 35.5. The summed E-state index contributed by atoms with van der Waals surface area (Å²) in [5.41, 5.74) is -0.0633. The minimum atomic E-state index is -1.01. The van der Waals surface area contributed by atoms with Crippen molar-refractivity contribution in [3.8, 4) is 16.5 Å². The maximum atomic E-state index is 12.1. The number of halogens is 1. The molecule has 1 aromatic carbocycles. The number of nitrogens with one attached hydrogen (secondary N) is 1. The smallest absolute Gasteiger partial charge is 0.348 e. The van der Waals surface area contributed by atoms with Gasteiger partial charge >= 0.3 is 5.97 Å². The molecule has 0 bridgehead atoms. The molecule has 5 nitrogen and oxygen atoms in total. The van der Waals surface area contributed by atoms with E-state index in [0.717, 1.165) is 10.4 Å². The number of carbonyl (C=O) groups excluding carboxylic acids is 2. The van der Waals surface area contributed by atoms with Crippen LogP contribution < -0.4 is 5.32 Å². The number of ether oxygens (including phenoxy) is 1. The maximum Gasteiger partial charge on any atom is 0.348 e. The van der Waals surface area contributed by atoms with Crippen molar-refractivity contribution in [2.45, 2.75) is 26.3 Å². The molecule has 0 radical (unpaired) electrons. The first-order valence-corrected chi connectivity index (χ1v) is 9.20. The number of benzene rings is 1. The molecule has 2 rings (SSSR count). The van der Waals surface area contributed by atoms with Crippen molar-refractivity contribution < 1.29 is 14.3 Å². The van der Waals surface area contributed by atoms with Crippen LogP contribution in [-0.2, 0) is 9.53 Å². The third kappa shape index (κ3) is 4.84. The van der Waals surface area contributed by atoms with Gasteiger partial charge in [0.2, 0.25) is 0 Å². The van der Waals surface area contributed by atoms with Gasteiger partial charge in [0.1, 0.15) is 10.4 Å². The van der Waals surface area contributed by atoms with Gasteiger partial charge in [-0.25, -0.2) is 4.79 Å². The summed E-state index contributed by atoms with van der Waals surface area (Å²) in [6.07, 6.45) is 0. The molecule has 1 heterocycles. The van der Waals surface area contributed by atoms with Crippen molar-refractivity contribution in [3.05, 3.63) is 46.3 Å². The van der Waals surface area contributed by atoms with Crippen LogP contribution in [0.5, 0.6) is 0 Å². The fraction of sp³-hybridized carbons (Fsp3) is 0.316. The average molecular weight is 391 g/mol.